The summed E-state index contributed by atoms with van der Waals surface area (Å²) >= 11 is 0. The first kappa shape index (κ1) is 27.6. The molecule has 0 saturated heterocycles. The molecule has 1 atom stereocenters. The lowest BCUT2D eigenvalue weighted by Crippen LogP contribution is -2.41. The molecule has 1 N–H and O–H groups in total. The van der Waals surface area contributed by atoms with E-state index in [1.807, 2.05) is 101 Å². The van der Waals surface area contributed by atoms with Crippen LogP contribution >= 0.6 is 0 Å². The zero-order valence-electron chi connectivity index (χ0n) is 22.9. The molecule has 0 saturated carbocycles. The molecule has 202 valence electrons. The summed E-state index contributed by atoms with van der Waals surface area (Å²) in [7, 11) is 4.03. The summed E-state index contributed by atoms with van der Waals surface area (Å²) in [6.45, 7) is 5.72. The Kier molecular flexibility index (Phi) is 9.48. The number of anilines is 2. The largest absolute Gasteiger partial charge is 0.492 e. The number of likely N-dealkylation sites (N-methyl/N-ethyl adjacent to an activating group) is 1. The molecule has 0 spiro atoms. The maximum atomic E-state index is 13.8. The van der Waals surface area contributed by atoms with E-state index in [0.29, 0.717) is 24.7 Å². The molecule has 8 heteroatoms. The number of hydrogen-bond donors (Lipinski definition) is 1. The van der Waals surface area contributed by atoms with Crippen LogP contribution in [0.4, 0.5) is 16.3 Å². The van der Waals surface area contributed by atoms with Crippen molar-refractivity contribution >= 4 is 17.6 Å². The van der Waals surface area contributed by atoms with Crippen molar-refractivity contribution < 1.29 is 14.3 Å². The maximum Gasteiger partial charge on any atom is 0.421 e. The molecule has 4 aromatic rings. The highest BCUT2D eigenvalue weighted by Crippen LogP contribution is 2.30. The monoisotopic (exact) mass is 525 g/mol. The van der Waals surface area contributed by atoms with Crippen molar-refractivity contribution in [2.75, 3.05) is 44.0 Å². The van der Waals surface area contributed by atoms with Gasteiger partial charge in [0.25, 0.3) is 0 Å². The van der Waals surface area contributed by atoms with Crippen LogP contribution < -0.4 is 19.7 Å². The minimum Gasteiger partial charge on any atom is -0.492 e. The van der Waals surface area contributed by atoms with Gasteiger partial charge in [0, 0.05) is 25.0 Å². The molecule has 8 nitrogen and oxygen atoms in total. The first-order valence-corrected chi connectivity index (χ1v) is 12.9. The third-order valence-electron chi connectivity index (χ3n) is 6.27. The van der Waals surface area contributed by atoms with E-state index in [1.54, 1.807) is 17.2 Å². The van der Waals surface area contributed by atoms with Crippen LogP contribution in [0.2, 0.25) is 0 Å². The molecular formula is C31H35N5O3. The van der Waals surface area contributed by atoms with E-state index in [4.69, 9.17) is 9.47 Å². The SMILES string of the molecule is Cc1cccc(C)c1OC(=O)N(c1ccncn1)[C@@H](CNc1ccc(OCCN(C)C)cc1)c1ccccc1. The number of benzene rings is 3. The van der Waals surface area contributed by atoms with Crippen LogP contribution in [0.25, 0.3) is 0 Å². The molecule has 39 heavy (non-hydrogen) atoms. The Hall–Kier alpha value is -4.43. The lowest BCUT2D eigenvalue weighted by atomic mass is 10.0. The minimum absolute atomic E-state index is 0.413. The Bertz CT molecular complexity index is 1310. The second-order valence-corrected chi connectivity index (χ2v) is 9.51. The lowest BCUT2D eigenvalue weighted by molar-refractivity contribution is 0.204. The van der Waals surface area contributed by atoms with Gasteiger partial charge in [-0.25, -0.2) is 14.8 Å². The van der Waals surface area contributed by atoms with Crippen molar-refractivity contribution in [3.63, 3.8) is 0 Å². The summed E-state index contributed by atoms with van der Waals surface area (Å²) in [6, 6.07) is 24.7. The number of rotatable bonds is 11. The smallest absolute Gasteiger partial charge is 0.421 e. The van der Waals surface area contributed by atoms with E-state index >= 15 is 0 Å². The molecule has 0 bridgehead atoms. The van der Waals surface area contributed by atoms with Crippen LogP contribution in [-0.2, 0) is 0 Å². The van der Waals surface area contributed by atoms with Crippen LogP contribution in [0.1, 0.15) is 22.7 Å². The summed E-state index contributed by atoms with van der Waals surface area (Å²) in [4.78, 5) is 25.9. The lowest BCUT2D eigenvalue weighted by Gasteiger charge is -2.31. The van der Waals surface area contributed by atoms with Crippen molar-refractivity contribution in [1.29, 1.82) is 0 Å². The molecule has 1 amide bonds. The Labute approximate surface area is 230 Å². The molecule has 4 rings (SSSR count). The van der Waals surface area contributed by atoms with E-state index < -0.39 is 12.1 Å². The van der Waals surface area contributed by atoms with E-state index in [9.17, 15) is 4.79 Å². The Morgan fingerprint density at radius 3 is 2.28 bits per heavy atom. The highest BCUT2D eigenvalue weighted by Gasteiger charge is 2.30. The number of ether oxygens (including phenoxy) is 2. The van der Waals surface area contributed by atoms with Gasteiger partial charge in [0.2, 0.25) is 0 Å². The van der Waals surface area contributed by atoms with Crippen molar-refractivity contribution in [2.24, 2.45) is 0 Å². The molecule has 0 aliphatic rings. The van der Waals surface area contributed by atoms with Crippen LogP contribution in [0.3, 0.4) is 0 Å². The number of nitrogens with zero attached hydrogens (tertiary/aromatic N) is 4. The van der Waals surface area contributed by atoms with Gasteiger partial charge in [0.05, 0.1) is 6.04 Å². The second kappa shape index (κ2) is 13.4. The van der Waals surface area contributed by atoms with Crippen LogP contribution in [-0.4, -0.2) is 54.8 Å². The molecule has 1 aromatic heterocycles. The zero-order valence-corrected chi connectivity index (χ0v) is 22.9. The Morgan fingerprint density at radius 1 is 0.923 bits per heavy atom. The van der Waals surface area contributed by atoms with Gasteiger partial charge in [-0.1, -0.05) is 48.5 Å². The number of para-hydroxylation sites is 1. The predicted molar refractivity (Wildman–Crippen MR) is 155 cm³/mol. The summed E-state index contributed by atoms with van der Waals surface area (Å²) < 4.78 is 11.8. The van der Waals surface area contributed by atoms with Crippen molar-refractivity contribution in [3.8, 4) is 11.5 Å². The maximum absolute atomic E-state index is 13.8. The molecule has 1 heterocycles. The second-order valence-electron chi connectivity index (χ2n) is 9.51. The fraction of sp³-hybridized carbons (Fsp3) is 0.258. The third-order valence-corrected chi connectivity index (χ3v) is 6.27. The highest BCUT2D eigenvalue weighted by molar-refractivity contribution is 5.89. The van der Waals surface area contributed by atoms with Gasteiger partial charge >= 0.3 is 6.09 Å². The number of aromatic nitrogens is 2. The molecule has 0 unspecified atom stereocenters. The van der Waals surface area contributed by atoms with Crippen molar-refractivity contribution in [3.05, 3.63) is 108 Å². The van der Waals surface area contributed by atoms with Crippen LogP contribution in [0, 0.1) is 13.8 Å². The van der Waals surface area contributed by atoms with Gasteiger partial charge in [-0.05, 0) is 75.0 Å². The van der Waals surface area contributed by atoms with E-state index in [-0.39, 0.29) is 0 Å². The van der Waals surface area contributed by atoms with Crippen LogP contribution in [0.15, 0.2) is 91.4 Å². The van der Waals surface area contributed by atoms with Gasteiger partial charge < -0.3 is 19.7 Å². The number of nitrogens with one attached hydrogen (secondary N) is 1. The quantitative estimate of drug-likeness (QED) is 0.261. The first-order chi connectivity index (χ1) is 18.9. The number of hydrogen-bond acceptors (Lipinski definition) is 7. The molecule has 0 radical (unpaired) electrons. The number of carbonyl (C=O) groups excluding carboxylic acids is 1. The van der Waals surface area contributed by atoms with Crippen LogP contribution in [0.5, 0.6) is 11.5 Å². The van der Waals surface area contributed by atoms with E-state index in [0.717, 1.165) is 34.7 Å². The van der Waals surface area contributed by atoms with Crippen molar-refractivity contribution in [1.82, 2.24) is 14.9 Å². The van der Waals surface area contributed by atoms with Gasteiger partial charge in [0.15, 0.2) is 0 Å². The van der Waals surface area contributed by atoms with E-state index in [2.05, 4.69) is 20.2 Å². The molecule has 0 aliphatic heterocycles. The minimum atomic E-state index is -0.522. The van der Waals surface area contributed by atoms with Gasteiger partial charge in [-0.3, -0.25) is 4.90 Å². The van der Waals surface area contributed by atoms with Gasteiger partial charge in [-0.15, -0.1) is 0 Å². The first-order valence-electron chi connectivity index (χ1n) is 12.9. The molecule has 0 aliphatic carbocycles. The normalized spacial score (nSPS) is 11.6. The molecular weight excluding hydrogens is 490 g/mol. The van der Waals surface area contributed by atoms with E-state index in [1.165, 1.54) is 6.33 Å². The summed E-state index contributed by atoms with van der Waals surface area (Å²) in [5.41, 5.74) is 3.61. The average molecular weight is 526 g/mol. The van der Waals surface area contributed by atoms with Gasteiger partial charge in [-0.2, -0.15) is 0 Å². The Balaban J connectivity index is 1.60. The summed E-state index contributed by atoms with van der Waals surface area (Å²) in [5, 5.41) is 3.48. The summed E-state index contributed by atoms with van der Waals surface area (Å²) in [5.74, 6) is 1.80. The van der Waals surface area contributed by atoms with Gasteiger partial charge in [0.1, 0.15) is 30.3 Å². The number of aryl methyl sites for hydroxylation is 2. The predicted octanol–water partition coefficient (Wildman–Crippen LogP) is 5.89. The number of amides is 1. The fourth-order valence-electron chi connectivity index (χ4n) is 4.17. The molecule has 0 fully saturated rings. The van der Waals surface area contributed by atoms with Crippen molar-refractivity contribution in [2.45, 2.75) is 19.9 Å². The highest BCUT2D eigenvalue weighted by atomic mass is 16.6. The Morgan fingerprint density at radius 2 is 1.64 bits per heavy atom. The third kappa shape index (κ3) is 7.55. The number of carbonyl (C=O) groups is 1. The average Bonchev–Trinajstić information content (AvgIpc) is 2.94. The fourth-order valence-corrected chi connectivity index (χ4v) is 4.17. The standard InChI is InChI=1S/C31H35N5O3/c1-23-9-8-10-24(2)30(23)39-31(37)36(29-17-18-32-22-34-29)28(25-11-6-5-7-12-25)21-33-26-13-15-27(16-14-26)38-20-19-35(3)4/h5-18,22,28,33H,19-21H2,1-4H3/t28-/m0/s1. The topological polar surface area (TPSA) is 79.8 Å². The zero-order chi connectivity index (χ0) is 27.6. The molecule has 3 aromatic carbocycles. The summed E-state index contributed by atoms with van der Waals surface area (Å²) in [6.07, 6.45) is 2.53.